The lowest BCUT2D eigenvalue weighted by Gasteiger charge is -2.15. The Morgan fingerprint density at radius 1 is 1.00 bits per heavy atom. The SMILES string of the molecule is CCOC(=O)Cc1ccc(-c2ccc(-c3onc(C)c3NC(=O)O[C@H](C)c3ccccc3Cl)c(Cl)c2)cc1. The Kier molecular flexibility index (Phi) is 8.71. The fraction of sp³-hybridized carbons (Fsp3) is 0.207. The minimum atomic E-state index is -0.680. The number of aromatic nitrogens is 1. The second kappa shape index (κ2) is 12.2. The van der Waals surface area contributed by atoms with E-state index in [0.717, 1.165) is 16.7 Å². The lowest BCUT2D eigenvalue weighted by atomic mass is 10.0. The molecule has 4 rings (SSSR count). The zero-order valence-corrected chi connectivity index (χ0v) is 22.6. The van der Waals surface area contributed by atoms with Crippen molar-refractivity contribution in [3.63, 3.8) is 0 Å². The lowest BCUT2D eigenvalue weighted by molar-refractivity contribution is -0.142. The number of halogens is 2. The third-order valence-electron chi connectivity index (χ3n) is 5.87. The number of amides is 1. The minimum Gasteiger partial charge on any atom is -0.466 e. The molecule has 9 heteroatoms. The molecule has 4 aromatic rings. The summed E-state index contributed by atoms with van der Waals surface area (Å²) < 4.78 is 16.0. The lowest BCUT2D eigenvalue weighted by Crippen LogP contribution is -2.17. The number of carbonyl (C=O) groups excluding carboxylic acids is 2. The molecule has 196 valence electrons. The molecule has 0 spiro atoms. The maximum Gasteiger partial charge on any atom is 0.412 e. The third kappa shape index (κ3) is 6.36. The highest BCUT2D eigenvalue weighted by molar-refractivity contribution is 6.33. The summed E-state index contributed by atoms with van der Waals surface area (Å²) in [7, 11) is 0. The van der Waals surface area contributed by atoms with E-state index < -0.39 is 12.2 Å². The van der Waals surface area contributed by atoms with E-state index in [1.54, 1.807) is 45.0 Å². The molecule has 0 radical (unpaired) electrons. The monoisotopic (exact) mass is 552 g/mol. The molecule has 1 atom stereocenters. The van der Waals surface area contributed by atoms with Crippen LogP contribution in [0.25, 0.3) is 22.5 Å². The maximum absolute atomic E-state index is 12.7. The number of nitrogens with zero attached hydrogens (tertiary/aromatic N) is 1. The highest BCUT2D eigenvalue weighted by Crippen LogP contribution is 2.38. The van der Waals surface area contributed by atoms with E-state index in [1.165, 1.54) is 0 Å². The molecule has 1 heterocycles. The van der Waals surface area contributed by atoms with Crippen LogP contribution in [0.5, 0.6) is 0 Å². The summed E-state index contributed by atoms with van der Waals surface area (Å²) in [6.45, 7) is 5.58. The largest absolute Gasteiger partial charge is 0.466 e. The Morgan fingerprint density at radius 3 is 2.39 bits per heavy atom. The van der Waals surface area contributed by atoms with Gasteiger partial charge in [-0.25, -0.2) is 4.79 Å². The molecule has 1 aromatic heterocycles. The Morgan fingerprint density at radius 2 is 1.71 bits per heavy atom. The number of esters is 1. The molecule has 0 aliphatic rings. The van der Waals surface area contributed by atoms with Crippen molar-refractivity contribution in [2.24, 2.45) is 0 Å². The van der Waals surface area contributed by atoms with Crippen LogP contribution in [0.4, 0.5) is 10.5 Å². The van der Waals surface area contributed by atoms with Crippen LogP contribution < -0.4 is 5.32 Å². The molecule has 1 amide bonds. The number of benzene rings is 3. The Balaban J connectivity index is 1.50. The van der Waals surface area contributed by atoms with Gasteiger partial charge in [-0.15, -0.1) is 0 Å². The van der Waals surface area contributed by atoms with Crippen molar-refractivity contribution in [3.8, 4) is 22.5 Å². The maximum atomic E-state index is 12.7. The van der Waals surface area contributed by atoms with Crippen molar-refractivity contribution in [2.75, 3.05) is 11.9 Å². The molecule has 38 heavy (non-hydrogen) atoms. The van der Waals surface area contributed by atoms with Gasteiger partial charge in [-0.3, -0.25) is 10.1 Å². The van der Waals surface area contributed by atoms with Gasteiger partial charge >= 0.3 is 12.1 Å². The number of ether oxygens (including phenoxy) is 2. The van der Waals surface area contributed by atoms with Gasteiger partial charge in [0.25, 0.3) is 0 Å². The topological polar surface area (TPSA) is 90.7 Å². The number of aryl methyl sites for hydroxylation is 1. The highest BCUT2D eigenvalue weighted by atomic mass is 35.5. The van der Waals surface area contributed by atoms with Crippen LogP contribution in [0.2, 0.25) is 10.0 Å². The van der Waals surface area contributed by atoms with Gasteiger partial charge < -0.3 is 14.0 Å². The van der Waals surface area contributed by atoms with Crippen LogP contribution in [0.1, 0.15) is 36.8 Å². The van der Waals surface area contributed by atoms with Crippen LogP contribution in [0.15, 0.2) is 71.3 Å². The number of rotatable bonds is 8. The third-order valence-corrected chi connectivity index (χ3v) is 6.53. The second-order valence-electron chi connectivity index (χ2n) is 8.54. The highest BCUT2D eigenvalue weighted by Gasteiger charge is 2.22. The molecule has 0 saturated carbocycles. The van der Waals surface area contributed by atoms with Crippen LogP contribution in [-0.4, -0.2) is 23.8 Å². The van der Waals surface area contributed by atoms with E-state index in [2.05, 4.69) is 10.5 Å². The number of carbonyl (C=O) groups is 2. The zero-order valence-electron chi connectivity index (χ0n) is 21.1. The first-order valence-corrected chi connectivity index (χ1v) is 12.8. The Labute approximate surface area is 230 Å². The van der Waals surface area contributed by atoms with Crippen molar-refractivity contribution in [1.29, 1.82) is 0 Å². The predicted molar refractivity (Wildman–Crippen MR) is 147 cm³/mol. The molecule has 3 aromatic carbocycles. The van der Waals surface area contributed by atoms with Gasteiger partial charge in [-0.2, -0.15) is 0 Å². The summed E-state index contributed by atoms with van der Waals surface area (Å²) in [5, 5.41) is 7.65. The van der Waals surface area contributed by atoms with Crippen molar-refractivity contribution in [2.45, 2.75) is 33.3 Å². The van der Waals surface area contributed by atoms with E-state index in [4.69, 9.17) is 37.2 Å². The summed E-state index contributed by atoms with van der Waals surface area (Å²) in [5.41, 5.74) is 4.75. The summed E-state index contributed by atoms with van der Waals surface area (Å²) in [6, 6.07) is 20.3. The Hall–Kier alpha value is -3.81. The van der Waals surface area contributed by atoms with Gasteiger partial charge in [0.15, 0.2) is 5.76 Å². The smallest absolute Gasteiger partial charge is 0.412 e. The normalized spacial score (nSPS) is 11.6. The zero-order chi connectivity index (χ0) is 27.2. The fourth-order valence-corrected chi connectivity index (χ4v) is 4.49. The molecule has 0 aliphatic carbocycles. The first-order chi connectivity index (χ1) is 18.3. The standard InChI is InChI=1S/C29H26Cl2N2O5/c1-4-36-26(34)15-19-9-11-20(12-10-19)21-13-14-23(25(31)16-21)28-27(17(2)33-38-28)32-29(35)37-18(3)22-7-5-6-8-24(22)30/h5-14,16,18H,4,15H2,1-3H3,(H,32,35)/t18-/m1/s1. The molecule has 0 bridgehead atoms. The van der Waals surface area contributed by atoms with E-state index in [0.29, 0.717) is 44.9 Å². The van der Waals surface area contributed by atoms with Crippen molar-refractivity contribution in [3.05, 3.63) is 93.6 Å². The van der Waals surface area contributed by atoms with E-state index in [9.17, 15) is 9.59 Å². The average molecular weight is 553 g/mol. The molecule has 1 N–H and O–H groups in total. The molecular weight excluding hydrogens is 527 g/mol. The van der Waals surface area contributed by atoms with Gasteiger partial charge in [0, 0.05) is 16.1 Å². The molecular formula is C29H26Cl2N2O5. The van der Waals surface area contributed by atoms with E-state index in [1.807, 2.05) is 42.5 Å². The van der Waals surface area contributed by atoms with Crippen molar-refractivity contribution >= 4 is 41.0 Å². The first-order valence-electron chi connectivity index (χ1n) is 12.0. The quantitative estimate of drug-likeness (QED) is 0.222. The number of hydrogen-bond donors (Lipinski definition) is 1. The van der Waals surface area contributed by atoms with Gasteiger partial charge in [-0.1, -0.05) is 76.9 Å². The average Bonchev–Trinajstić information content (AvgIpc) is 3.24. The first kappa shape index (κ1) is 27.2. The van der Waals surface area contributed by atoms with E-state index in [-0.39, 0.29) is 12.4 Å². The number of anilines is 1. The predicted octanol–water partition coefficient (Wildman–Crippen LogP) is 8.04. The van der Waals surface area contributed by atoms with Crippen LogP contribution in [0, 0.1) is 6.92 Å². The number of nitrogens with one attached hydrogen (secondary N) is 1. The summed E-state index contributed by atoms with van der Waals surface area (Å²) in [5.74, 6) is 0.0489. The second-order valence-corrected chi connectivity index (χ2v) is 9.35. The van der Waals surface area contributed by atoms with Gasteiger partial charge in [0.2, 0.25) is 0 Å². The molecule has 0 unspecified atom stereocenters. The van der Waals surface area contributed by atoms with Crippen LogP contribution in [0.3, 0.4) is 0 Å². The van der Waals surface area contributed by atoms with Crippen LogP contribution >= 0.6 is 23.2 Å². The molecule has 7 nitrogen and oxygen atoms in total. The molecule has 0 fully saturated rings. The minimum absolute atomic E-state index is 0.216. The summed E-state index contributed by atoms with van der Waals surface area (Å²) in [4.78, 5) is 24.4. The van der Waals surface area contributed by atoms with Crippen LogP contribution in [-0.2, 0) is 20.7 Å². The number of hydrogen-bond acceptors (Lipinski definition) is 6. The molecule has 0 saturated heterocycles. The van der Waals surface area contributed by atoms with Gasteiger partial charge in [0.1, 0.15) is 17.5 Å². The summed E-state index contributed by atoms with van der Waals surface area (Å²) in [6.07, 6.45) is -1.03. The molecule has 0 aliphatic heterocycles. The summed E-state index contributed by atoms with van der Waals surface area (Å²) >= 11 is 12.9. The van der Waals surface area contributed by atoms with Gasteiger partial charge in [0.05, 0.1) is 18.1 Å². The fourth-order valence-electron chi connectivity index (χ4n) is 3.93. The van der Waals surface area contributed by atoms with Crippen molar-refractivity contribution < 1.29 is 23.6 Å². The van der Waals surface area contributed by atoms with E-state index >= 15 is 0 Å². The van der Waals surface area contributed by atoms with Crippen molar-refractivity contribution in [1.82, 2.24) is 5.16 Å². The van der Waals surface area contributed by atoms with Gasteiger partial charge in [-0.05, 0) is 55.7 Å². The Bertz CT molecular complexity index is 1450.